The van der Waals surface area contributed by atoms with Crippen molar-refractivity contribution in [2.45, 2.75) is 38.1 Å². The van der Waals surface area contributed by atoms with E-state index in [2.05, 4.69) is 23.3 Å². The van der Waals surface area contributed by atoms with Crippen LogP contribution in [0.4, 0.5) is 5.82 Å². The van der Waals surface area contributed by atoms with Gasteiger partial charge in [0, 0.05) is 12.7 Å². The van der Waals surface area contributed by atoms with Crippen LogP contribution in [0.5, 0.6) is 0 Å². The lowest BCUT2D eigenvalue weighted by atomic mass is 9.73. The van der Waals surface area contributed by atoms with Crippen LogP contribution in [0, 0.1) is 17.2 Å². The highest BCUT2D eigenvalue weighted by atomic mass is 15.1. The number of nitrogens with two attached hydrogens (primary N) is 1. The molecule has 1 saturated carbocycles. The van der Waals surface area contributed by atoms with Gasteiger partial charge in [0.2, 0.25) is 0 Å². The van der Waals surface area contributed by atoms with Crippen LogP contribution in [0.2, 0.25) is 0 Å². The van der Waals surface area contributed by atoms with Gasteiger partial charge in [0.25, 0.3) is 0 Å². The minimum absolute atomic E-state index is 0.0423. The number of nitrogens with zero attached hydrogens (tertiary/aromatic N) is 2. The molecule has 1 fully saturated rings. The molecule has 0 radical (unpaired) electrons. The second-order valence-corrected chi connectivity index (χ2v) is 5.18. The number of rotatable bonds is 3. The predicted molar refractivity (Wildman–Crippen MR) is 72.0 cm³/mol. The van der Waals surface area contributed by atoms with Gasteiger partial charge in [-0.15, -0.1) is 0 Å². The molecular formula is C14H20N4. The smallest absolute Gasteiger partial charge is 0.126 e. The van der Waals surface area contributed by atoms with Crippen molar-refractivity contribution in [3.05, 3.63) is 23.9 Å². The molecule has 2 atom stereocenters. The summed E-state index contributed by atoms with van der Waals surface area (Å²) >= 11 is 0. The molecule has 0 bridgehead atoms. The maximum absolute atomic E-state index is 8.76. The number of nitrogens with one attached hydrogen (secondary N) is 1. The van der Waals surface area contributed by atoms with Gasteiger partial charge < -0.3 is 11.1 Å². The first kappa shape index (κ1) is 12.8. The van der Waals surface area contributed by atoms with Crippen molar-refractivity contribution >= 4 is 5.82 Å². The summed E-state index contributed by atoms with van der Waals surface area (Å²) in [6.45, 7) is 2.87. The van der Waals surface area contributed by atoms with Gasteiger partial charge in [-0.2, -0.15) is 5.26 Å². The third-order valence-corrected chi connectivity index (χ3v) is 4.09. The lowest BCUT2D eigenvalue weighted by molar-refractivity contribution is 0.235. The largest absolute Gasteiger partial charge is 0.363 e. The summed E-state index contributed by atoms with van der Waals surface area (Å²) < 4.78 is 0. The molecule has 2 unspecified atom stereocenters. The lowest BCUT2D eigenvalue weighted by Crippen LogP contribution is -2.52. The summed E-state index contributed by atoms with van der Waals surface area (Å²) in [5.74, 6) is 1.36. The Balaban J connectivity index is 2.16. The first-order chi connectivity index (χ1) is 8.70. The van der Waals surface area contributed by atoms with Crippen molar-refractivity contribution in [1.82, 2.24) is 4.98 Å². The lowest BCUT2D eigenvalue weighted by Gasteiger charge is -2.43. The molecule has 0 aromatic carbocycles. The molecule has 3 N–H and O–H groups in total. The second-order valence-electron chi connectivity index (χ2n) is 5.18. The molecule has 1 aromatic rings. The molecule has 1 aromatic heterocycles. The zero-order chi connectivity index (χ0) is 13.0. The van der Waals surface area contributed by atoms with Crippen LogP contribution in [0.1, 0.15) is 38.2 Å². The second kappa shape index (κ2) is 5.36. The molecule has 96 valence electrons. The van der Waals surface area contributed by atoms with Crippen LogP contribution in [0.3, 0.4) is 0 Å². The van der Waals surface area contributed by atoms with Crippen molar-refractivity contribution in [2.75, 3.05) is 11.9 Å². The van der Waals surface area contributed by atoms with Crippen molar-refractivity contribution < 1.29 is 0 Å². The Labute approximate surface area is 108 Å². The fourth-order valence-electron chi connectivity index (χ4n) is 2.74. The minimum Gasteiger partial charge on any atom is -0.363 e. The molecule has 1 aliphatic rings. The fourth-order valence-corrected chi connectivity index (χ4v) is 2.74. The van der Waals surface area contributed by atoms with Gasteiger partial charge in [-0.05, 0) is 30.9 Å². The molecule has 2 rings (SSSR count). The average Bonchev–Trinajstić information content (AvgIpc) is 2.42. The molecular weight excluding hydrogens is 224 g/mol. The van der Waals surface area contributed by atoms with E-state index in [1.54, 1.807) is 12.3 Å². The number of hydrogen-bond acceptors (Lipinski definition) is 4. The molecule has 4 nitrogen and oxygen atoms in total. The van der Waals surface area contributed by atoms with Gasteiger partial charge >= 0.3 is 0 Å². The van der Waals surface area contributed by atoms with E-state index < -0.39 is 0 Å². The molecule has 0 amide bonds. The zero-order valence-electron chi connectivity index (χ0n) is 10.8. The maximum atomic E-state index is 8.76. The quantitative estimate of drug-likeness (QED) is 0.855. The first-order valence-corrected chi connectivity index (χ1v) is 6.54. The van der Waals surface area contributed by atoms with E-state index in [1.165, 1.54) is 19.3 Å². The summed E-state index contributed by atoms with van der Waals surface area (Å²) in [4.78, 5) is 4.28. The Morgan fingerprint density at radius 1 is 1.56 bits per heavy atom. The maximum Gasteiger partial charge on any atom is 0.126 e. The third kappa shape index (κ3) is 2.46. The molecule has 0 aliphatic heterocycles. The highest BCUT2D eigenvalue weighted by Crippen LogP contribution is 2.35. The van der Waals surface area contributed by atoms with Crippen molar-refractivity contribution in [3.8, 4) is 6.07 Å². The number of nitriles is 1. The number of anilines is 1. The molecule has 1 heterocycles. The topological polar surface area (TPSA) is 74.7 Å². The Hall–Kier alpha value is -1.60. The van der Waals surface area contributed by atoms with Gasteiger partial charge in [0.1, 0.15) is 11.9 Å². The Morgan fingerprint density at radius 2 is 2.39 bits per heavy atom. The Kier molecular flexibility index (Phi) is 3.83. The van der Waals surface area contributed by atoms with Crippen molar-refractivity contribution in [1.29, 1.82) is 5.26 Å². The summed E-state index contributed by atoms with van der Waals surface area (Å²) in [7, 11) is 0. The number of pyridine rings is 1. The van der Waals surface area contributed by atoms with Crippen LogP contribution >= 0.6 is 0 Å². The van der Waals surface area contributed by atoms with Gasteiger partial charge in [0.15, 0.2) is 0 Å². The highest BCUT2D eigenvalue weighted by molar-refractivity contribution is 5.42. The van der Waals surface area contributed by atoms with Crippen LogP contribution < -0.4 is 11.1 Å². The van der Waals surface area contributed by atoms with E-state index in [-0.39, 0.29) is 5.54 Å². The normalized spacial score (nSPS) is 27.5. The standard InChI is InChI=1S/C14H20N4/c1-11-4-2-3-7-14(11,10-16)18-13-6-5-12(8-15)9-17-13/h5-6,9,11H,2-4,7,10,16H2,1H3,(H,17,18). The minimum atomic E-state index is -0.0423. The van der Waals surface area contributed by atoms with Crippen LogP contribution in [-0.2, 0) is 0 Å². The average molecular weight is 244 g/mol. The zero-order valence-corrected chi connectivity index (χ0v) is 10.8. The van der Waals surface area contributed by atoms with Crippen molar-refractivity contribution in [3.63, 3.8) is 0 Å². The predicted octanol–water partition coefficient (Wildman–Crippen LogP) is 2.27. The molecule has 0 saturated heterocycles. The van der Waals surface area contributed by atoms with Crippen molar-refractivity contribution in [2.24, 2.45) is 11.7 Å². The first-order valence-electron chi connectivity index (χ1n) is 6.54. The summed E-state index contributed by atoms with van der Waals surface area (Å²) in [5.41, 5.74) is 6.53. The molecule has 0 spiro atoms. The van der Waals surface area contributed by atoms with Crippen LogP contribution in [0.15, 0.2) is 18.3 Å². The summed E-state index contributed by atoms with van der Waals surface area (Å²) in [5, 5.41) is 12.3. The monoisotopic (exact) mass is 244 g/mol. The van der Waals surface area contributed by atoms with E-state index in [4.69, 9.17) is 11.0 Å². The Morgan fingerprint density at radius 3 is 2.94 bits per heavy atom. The highest BCUT2D eigenvalue weighted by Gasteiger charge is 2.37. The third-order valence-electron chi connectivity index (χ3n) is 4.09. The van der Waals surface area contributed by atoms with E-state index >= 15 is 0 Å². The van der Waals surface area contributed by atoms with E-state index in [0.29, 0.717) is 18.0 Å². The van der Waals surface area contributed by atoms with Gasteiger partial charge in [-0.3, -0.25) is 0 Å². The van der Waals surface area contributed by atoms with Crippen LogP contribution in [0.25, 0.3) is 0 Å². The summed E-state index contributed by atoms with van der Waals surface area (Å²) in [6.07, 6.45) is 6.39. The van der Waals surface area contributed by atoms with Gasteiger partial charge in [-0.25, -0.2) is 4.98 Å². The number of hydrogen-bond donors (Lipinski definition) is 2. The fraction of sp³-hybridized carbons (Fsp3) is 0.571. The number of aromatic nitrogens is 1. The van der Waals surface area contributed by atoms with Crippen LogP contribution in [-0.4, -0.2) is 17.1 Å². The van der Waals surface area contributed by atoms with E-state index in [1.807, 2.05) is 6.07 Å². The van der Waals surface area contributed by atoms with E-state index in [0.717, 1.165) is 12.2 Å². The summed E-state index contributed by atoms with van der Waals surface area (Å²) in [6, 6.07) is 5.72. The Bertz CT molecular complexity index is 434. The SMILES string of the molecule is CC1CCCCC1(CN)Nc1ccc(C#N)cn1. The van der Waals surface area contributed by atoms with Gasteiger partial charge in [-0.1, -0.05) is 19.8 Å². The molecule has 18 heavy (non-hydrogen) atoms. The molecule has 4 heteroatoms. The molecule has 1 aliphatic carbocycles. The van der Waals surface area contributed by atoms with E-state index in [9.17, 15) is 0 Å². The van der Waals surface area contributed by atoms with Gasteiger partial charge in [0.05, 0.1) is 11.1 Å².